The zero-order valence-electron chi connectivity index (χ0n) is 12.3. The molecule has 0 spiro atoms. The van der Waals surface area contributed by atoms with Crippen molar-refractivity contribution in [1.82, 2.24) is 14.8 Å². The largest absolute Gasteiger partial charge is 0.344 e. The Hall–Kier alpha value is -1.24. The Bertz CT molecular complexity index is 678. The average Bonchev–Trinajstić information content (AvgIpc) is 2.73. The van der Waals surface area contributed by atoms with E-state index in [1.165, 1.54) is 11.8 Å². The number of H-pyrrole nitrogens is 1. The van der Waals surface area contributed by atoms with Gasteiger partial charge in [-0.05, 0) is 56.7 Å². The monoisotopic (exact) mass is 326 g/mol. The van der Waals surface area contributed by atoms with Crippen LogP contribution in [0.4, 0.5) is 0 Å². The first-order chi connectivity index (χ1) is 9.88. The van der Waals surface area contributed by atoms with Crippen LogP contribution in [0.2, 0.25) is 5.02 Å². The maximum absolute atomic E-state index is 11.7. The molecule has 0 aliphatic carbocycles. The lowest BCUT2D eigenvalue weighted by Crippen LogP contribution is -2.19. The number of nitrogens with zero attached hydrogens (tertiary/aromatic N) is 2. The second-order valence-electron chi connectivity index (χ2n) is 5.32. The minimum Gasteiger partial charge on any atom is -0.328 e. The second-order valence-corrected chi connectivity index (χ2v) is 6.74. The van der Waals surface area contributed by atoms with Gasteiger partial charge in [0, 0.05) is 17.0 Å². The third kappa shape index (κ3) is 3.90. The van der Waals surface area contributed by atoms with Crippen LogP contribution in [0.1, 0.15) is 32.4 Å². The van der Waals surface area contributed by atoms with Gasteiger partial charge in [-0.25, -0.2) is 9.89 Å². The van der Waals surface area contributed by atoms with Gasteiger partial charge in [0.1, 0.15) is 0 Å². The molecule has 0 amide bonds. The van der Waals surface area contributed by atoms with E-state index >= 15 is 0 Å². The highest BCUT2D eigenvalue weighted by molar-refractivity contribution is 7.99. The van der Waals surface area contributed by atoms with Crippen LogP contribution in [0.5, 0.6) is 0 Å². The first-order valence-corrected chi connectivity index (χ1v) is 7.96. The van der Waals surface area contributed by atoms with Gasteiger partial charge in [0.25, 0.3) is 0 Å². The molecule has 2 aromatic rings. The van der Waals surface area contributed by atoms with Crippen molar-refractivity contribution in [3.05, 3.63) is 39.3 Å². The summed E-state index contributed by atoms with van der Waals surface area (Å²) in [6.07, 6.45) is 0.782. The molecule has 1 aromatic heterocycles. The zero-order chi connectivity index (χ0) is 15.6. The molecular weight excluding hydrogens is 308 g/mol. The van der Waals surface area contributed by atoms with Crippen molar-refractivity contribution in [2.75, 3.05) is 0 Å². The van der Waals surface area contributed by atoms with Crippen molar-refractivity contribution in [1.29, 1.82) is 0 Å². The molecule has 5 nitrogen and oxygen atoms in total. The summed E-state index contributed by atoms with van der Waals surface area (Å²) in [5, 5.41) is 7.78. The summed E-state index contributed by atoms with van der Waals surface area (Å²) >= 11 is 7.69. The van der Waals surface area contributed by atoms with Gasteiger partial charge in [0.15, 0.2) is 5.16 Å². The number of rotatable bonds is 5. The van der Waals surface area contributed by atoms with Crippen LogP contribution >= 0.6 is 23.4 Å². The lowest BCUT2D eigenvalue weighted by molar-refractivity contribution is 0.534. The van der Waals surface area contributed by atoms with Crippen LogP contribution in [0.3, 0.4) is 0 Å². The maximum Gasteiger partial charge on any atom is 0.344 e. The Labute approximate surface area is 132 Å². The van der Waals surface area contributed by atoms with E-state index in [9.17, 15) is 4.79 Å². The van der Waals surface area contributed by atoms with E-state index in [-0.39, 0.29) is 17.8 Å². The van der Waals surface area contributed by atoms with Crippen molar-refractivity contribution in [3.63, 3.8) is 0 Å². The van der Waals surface area contributed by atoms with Gasteiger partial charge in [0.05, 0.1) is 5.02 Å². The summed E-state index contributed by atoms with van der Waals surface area (Å²) in [7, 11) is 0. The van der Waals surface area contributed by atoms with Gasteiger partial charge in [-0.15, -0.1) is 5.10 Å². The van der Waals surface area contributed by atoms with Crippen molar-refractivity contribution in [2.45, 2.75) is 49.3 Å². The van der Waals surface area contributed by atoms with Crippen LogP contribution in [0.25, 0.3) is 0 Å². The summed E-state index contributed by atoms with van der Waals surface area (Å²) in [4.78, 5) is 12.6. The summed E-state index contributed by atoms with van der Waals surface area (Å²) in [5.41, 5.74) is 6.68. The summed E-state index contributed by atoms with van der Waals surface area (Å²) in [5.74, 6) is 0. The van der Waals surface area contributed by atoms with E-state index < -0.39 is 0 Å². The Balaban J connectivity index is 2.26. The van der Waals surface area contributed by atoms with E-state index in [0.717, 1.165) is 16.9 Å². The summed E-state index contributed by atoms with van der Waals surface area (Å²) in [6.45, 7) is 5.84. The molecule has 7 heteroatoms. The molecular formula is C14H19ClN4OS. The molecule has 0 aliphatic heterocycles. The molecule has 3 N–H and O–H groups in total. The summed E-state index contributed by atoms with van der Waals surface area (Å²) in [6, 6.07) is 5.99. The number of aromatic nitrogens is 3. The molecule has 114 valence electrons. The maximum atomic E-state index is 11.7. The van der Waals surface area contributed by atoms with Gasteiger partial charge in [-0.2, -0.15) is 0 Å². The molecule has 0 fully saturated rings. The van der Waals surface area contributed by atoms with Crippen molar-refractivity contribution < 1.29 is 0 Å². The molecule has 1 heterocycles. The van der Waals surface area contributed by atoms with Crippen LogP contribution in [-0.4, -0.2) is 20.8 Å². The lowest BCUT2D eigenvalue weighted by Gasteiger charge is -2.11. The highest BCUT2D eigenvalue weighted by Crippen LogP contribution is 2.33. The number of halogens is 1. The highest BCUT2D eigenvalue weighted by Gasteiger charge is 2.14. The molecule has 0 saturated carbocycles. The van der Waals surface area contributed by atoms with Gasteiger partial charge in [-0.3, -0.25) is 4.57 Å². The molecule has 21 heavy (non-hydrogen) atoms. The van der Waals surface area contributed by atoms with Crippen LogP contribution in [0, 0.1) is 0 Å². The van der Waals surface area contributed by atoms with E-state index in [1.54, 1.807) is 4.57 Å². The quantitative estimate of drug-likeness (QED) is 0.885. The normalized spacial score (nSPS) is 12.9. The van der Waals surface area contributed by atoms with Crippen molar-refractivity contribution >= 4 is 23.4 Å². The van der Waals surface area contributed by atoms with E-state index in [0.29, 0.717) is 10.2 Å². The standard InChI is InChI=1S/C14H19ClN4OS/c1-8(2)19-13(20)17-18-14(19)21-12-5-4-10(6-9(3)16)7-11(12)15/h4-5,7-9H,6,16H2,1-3H3,(H,17,20). The first kappa shape index (κ1) is 16.1. The molecule has 1 unspecified atom stereocenters. The molecule has 0 radical (unpaired) electrons. The Kier molecular flexibility index (Phi) is 5.13. The minimum absolute atomic E-state index is 0.0369. The van der Waals surface area contributed by atoms with E-state index in [2.05, 4.69) is 10.2 Å². The van der Waals surface area contributed by atoms with Crippen LogP contribution < -0.4 is 11.4 Å². The number of nitrogens with one attached hydrogen (secondary N) is 1. The predicted molar refractivity (Wildman–Crippen MR) is 86.2 cm³/mol. The highest BCUT2D eigenvalue weighted by atomic mass is 35.5. The Morgan fingerprint density at radius 1 is 1.43 bits per heavy atom. The van der Waals surface area contributed by atoms with Gasteiger partial charge < -0.3 is 5.73 Å². The number of aromatic amines is 1. The number of hydrogen-bond donors (Lipinski definition) is 2. The SMILES string of the molecule is CC(N)Cc1ccc(Sc2n[nH]c(=O)n2C(C)C)c(Cl)c1. The number of nitrogens with two attached hydrogens (primary N) is 1. The van der Waals surface area contributed by atoms with Crippen LogP contribution in [0.15, 0.2) is 33.0 Å². The Morgan fingerprint density at radius 3 is 2.71 bits per heavy atom. The third-order valence-electron chi connectivity index (χ3n) is 2.94. The fourth-order valence-electron chi connectivity index (χ4n) is 2.04. The Morgan fingerprint density at radius 2 is 2.14 bits per heavy atom. The molecule has 0 saturated heterocycles. The van der Waals surface area contributed by atoms with Gasteiger partial charge >= 0.3 is 5.69 Å². The van der Waals surface area contributed by atoms with E-state index in [1.807, 2.05) is 39.0 Å². The molecule has 0 aliphatic rings. The van der Waals surface area contributed by atoms with Gasteiger partial charge in [0.2, 0.25) is 0 Å². The summed E-state index contributed by atoms with van der Waals surface area (Å²) < 4.78 is 1.61. The van der Waals surface area contributed by atoms with Gasteiger partial charge in [-0.1, -0.05) is 17.7 Å². The topological polar surface area (TPSA) is 76.7 Å². The fourth-order valence-corrected chi connectivity index (χ4v) is 3.33. The fraction of sp³-hybridized carbons (Fsp3) is 0.429. The molecule has 0 bridgehead atoms. The molecule has 1 aromatic carbocycles. The number of hydrogen-bond acceptors (Lipinski definition) is 4. The predicted octanol–water partition coefficient (Wildman–Crippen LogP) is 2.85. The first-order valence-electron chi connectivity index (χ1n) is 6.77. The van der Waals surface area contributed by atoms with Crippen LogP contribution in [-0.2, 0) is 6.42 Å². The molecule has 1 atom stereocenters. The lowest BCUT2D eigenvalue weighted by atomic mass is 10.1. The molecule has 2 rings (SSSR count). The smallest absolute Gasteiger partial charge is 0.328 e. The third-order valence-corrected chi connectivity index (χ3v) is 4.41. The minimum atomic E-state index is -0.211. The number of benzene rings is 1. The van der Waals surface area contributed by atoms with Crippen molar-refractivity contribution in [2.24, 2.45) is 5.73 Å². The zero-order valence-corrected chi connectivity index (χ0v) is 13.8. The van der Waals surface area contributed by atoms with Crippen molar-refractivity contribution in [3.8, 4) is 0 Å². The van der Waals surface area contributed by atoms with E-state index in [4.69, 9.17) is 17.3 Å². The second kappa shape index (κ2) is 6.68. The average molecular weight is 327 g/mol.